The summed E-state index contributed by atoms with van der Waals surface area (Å²) in [6.45, 7) is 0. The molecule has 1 fully saturated rings. The van der Waals surface area contributed by atoms with Gasteiger partial charge in [-0.3, -0.25) is 4.79 Å². The van der Waals surface area contributed by atoms with E-state index in [1.54, 1.807) is 18.4 Å². The molecule has 0 aliphatic heterocycles. The van der Waals surface area contributed by atoms with Crippen LogP contribution in [0.2, 0.25) is 0 Å². The second kappa shape index (κ2) is 4.80. The number of hydrogen-bond donors (Lipinski definition) is 1. The molecule has 1 aliphatic carbocycles. The van der Waals surface area contributed by atoms with E-state index < -0.39 is 11.4 Å². The number of carboxylic acids is 1. The number of benzene rings is 1. The van der Waals surface area contributed by atoms with Crippen molar-refractivity contribution in [3.63, 3.8) is 0 Å². The Morgan fingerprint density at radius 3 is 2.67 bits per heavy atom. The van der Waals surface area contributed by atoms with Gasteiger partial charge in [-0.2, -0.15) is 0 Å². The van der Waals surface area contributed by atoms with Crippen molar-refractivity contribution in [3.8, 4) is 5.75 Å². The van der Waals surface area contributed by atoms with Gasteiger partial charge in [-0.15, -0.1) is 11.8 Å². The van der Waals surface area contributed by atoms with Crippen LogP contribution in [0.1, 0.15) is 24.8 Å². The summed E-state index contributed by atoms with van der Waals surface area (Å²) < 4.78 is 19.5. The molecule has 5 heteroatoms. The first-order valence-corrected chi connectivity index (χ1v) is 6.89. The van der Waals surface area contributed by atoms with Crippen LogP contribution in [0.25, 0.3) is 0 Å². The highest BCUT2D eigenvalue weighted by atomic mass is 32.2. The Labute approximate surface area is 109 Å². The number of carbonyl (C=O) groups is 1. The second-order valence-electron chi connectivity index (χ2n) is 4.51. The van der Waals surface area contributed by atoms with Gasteiger partial charge in [0.2, 0.25) is 0 Å². The molecule has 0 heterocycles. The molecule has 0 saturated heterocycles. The average Bonchev–Trinajstić information content (AvgIpc) is 3.08. The van der Waals surface area contributed by atoms with Gasteiger partial charge >= 0.3 is 5.97 Å². The third-order valence-electron chi connectivity index (χ3n) is 3.40. The molecule has 0 bridgehead atoms. The van der Waals surface area contributed by atoms with E-state index in [0.717, 1.165) is 12.8 Å². The molecular weight excluding hydrogens is 255 g/mol. The molecule has 2 rings (SSSR count). The van der Waals surface area contributed by atoms with Crippen LogP contribution in [-0.2, 0) is 10.2 Å². The summed E-state index contributed by atoms with van der Waals surface area (Å²) in [6.07, 6.45) is 3.23. The minimum absolute atomic E-state index is 0.00985. The van der Waals surface area contributed by atoms with E-state index in [9.17, 15) is 9.18 Å². The van der Waals surface area contributed by atoms with E-state index in [4.69, 9.17) is 9.84 Å². The smallest absolute Gasteiger partial charge is 0.304 e. The van der Waals surface area contributed by atoms with E-state index in [1.165, 1.54) is 18.9 Å². The zero-order valence-electron chi connectivity index (χ0n) is 10.3. The second-order valence-corrected chi connectivity index (χ2v) is 5.33. The highest BCUT2D eigenvalue weighted by molar-refractivity contribution is 7.98. The van der Waals surface area contributed by atoms with Gasteiger partial charge in [-0.25, -0.2) is 4.39 Å². The maximum atomic E-state index is 14.4. The largest absolute Gasteiger partial charge is 0.495 e. The standard InChI is InChI=1S/C13H15FO3S/c1-17-9-4-3-8(11(14)12(9)18-2)13(5-6-13)7-10(15)16/h3-4H,5-7H2,1-2H3,(H,15,16). The number of ether oxygens (including phenoxy) is 1. The lowest BCUT2D eigenvalue weighted by Crippen LogP contribution is -2.15. The molecule has 0 spiro atoms. The minimum atomic E-state index is -0.881. The third-order valence-corrected chi connectivity index (χ3v) is 4.19. The Kier molecular flexibility index (Phi) is 3.52. The molecule has 1 aliphatic rings. The number of hydrogen-bond acceptors (Lipinski definition) is 3. The summed E-state index contributed by atoms with van der Waals surface area (Å²) in [7, 11) is 1.50. The van der Waals surface area contributed by atoms with Crippen molar-refractivity contribution in [1.29, 1.82) is 0 Å². The topological polar surface area (TPSA) is 46.5 Å². The van der Waals surface area contributed by atoms with Crippen LogP contribution in [0, 0.1) is 5.82 Å². The molecular formula is C13H15FO3S. The van der Waals surface area contributed by atoms with Gasteiger partial charge in [-0.1, -0.05) is 6.07 Å². The van der Waals surface area contributed by atoms with Crippen molar-refractivity contribution >= 4 is 17.7 Å². The SMILES string of the molecule is COc1ccc(C2(CC(=O)O)CC2)c(F)c1SC. The Morgan fingerprint density at radius 2 is 2.22 bits per heavy atom. The fraction of sp³-hybridized carbons (Fsp3) is 0.462. The van der Waals surface area contributed by atoms with Crippen LogP contribution in [0.4, 0.5) is 4.39 Å². The Balaban J connectivity index is 2.44. The molecule has 3 nitrogen and oxygen atoms in total. The first-order valence-electron chi connectivity index (χ1n) is 5.67. The number of rotatable bonds is 5. The number of halogens is 1. The summed E-state index contributed by atoms with van der Waals surface area (Å²) in [6, 6.07) is 3.37. The van der Waals surface area contributed by atoms with Gasteiger partial charge in [0.25, 0.3) is 0 Å². The lowest BCUT2D eigenvalue weighted by atomic mass is 9.92. The van der Waals surface area contributed by atoms with Crippen molar-refractivity contribution in [2.75, 3.05) is 13.4 Å². The lowest BCUT2D eigenvalue weighted by molar-refractivity contribution is -0.137. The monoisotopic (exact) mass is 270 g/mol. The molecule has 18 heavy (non-hydrogen) atoms. The minimum Gasteiger partial charge on any atom is -0.495 e. The first kappa shape index (κ1) is 13.2. The maximum absolute atomic E-state index is 14.4. The highest BCUT2D eigenvalue weighted by Gasteiger charge is 2.48. The lowest BCUT2D eigenvalue weighted by Gasteiger charge is -2.17. The molecule has 0 radical (unpaired) electrons. The number of thioether (sulfide) groups is 1. The zero-order chi connectivity index (χ0) is 13.3. The summed E-state index contributed by atoms with van der Waals surface area (Å²) in [5, 5.41) is 8.92. The molecule has 1 saturated carbocycles. The third kappa shape index (κ3) is 2.19. The number of carboxylic acid groups (broad SMARTS) is 1. The molecule has 0 atom stereocenters. The predicted octanol–water partition coefficient (Wildman–Crippen LogP) is 3.06. The van der Waals surface area contributed by atoms with Crippen LogP contribution >= 0.6 is 11.8 Å². The Morgan fingerprint density at radius 1 is 1.56 bits per heavy atom. The van der Waals surface area contributed by atoms with Crippen molar-refractivity contribution in [2.24, 2.45) is 0 Å². The predicted molar refractivity (Wildman–Crippen MR) is 67.9 cm³/mol. The summed E-state index contributed by atoms with van der Waals surface area (Å²) in [5.74, 6) is -0.719. The van der Waals surface area contributed by atoms with E-state index in [-0.39, 0.29) is 12.2 Å². The summed E-state index contributed by atoms with van der Waals surface area (Å²) in [4.78, 5) is 11.3. The van der Waals surface area contributed by atoms with Gasteiger partial charge in [-0.05, 0) is 30.7 Å². The Hall–Kier alpha value is -1.23. The van der Waals surface area contributed by atoms with Crippen molar-refractivity contribution in [2.45, 2.75) is 29.6 Å². The van der Waals surface area contributed by atoms with Crippen LogP contribution in [0.15, 0.2) is 17.0 Å². The van der Waals surface area contributed by atoms with Gasteiger partial charge in [0.1, 0.15) is 11.6 Å². The van der Waals surface area contributed by atoms with Crippen LogP contribution in [0.5, 0.6) is 5.75 Å². The van der Waals surface area contributed by atoms with Crippen molar-refractivity contribution < 1.29 is 19.0 Å². The normalized spacial score (nSPS) is 16.4. The van der Waals surface area contributed by atoms with E-state index >= 15 is 0 Å². The zero-order valence-corrected chi connectivity index (χ0v) is 11.1. The fourth-order valence-corrected chi connectivity index (χ4v) is 2.92. The van der Waals surface area contributed by atoms with Gasteiger partial charge in [0.05, 0.1) is 18.4 Å². The molecule has 0 amide bonds. The van der Waals surface area contributed by atoms with E-state index in [1.807, 2.05) is 0 Å². The van der Waals surface area contributed by atoms with Crippen molar-refractivity contribution in [1.82, 2.24) is 0 Å². The van der Waals surface area contributed by atoms with Crippen LogP contribution < -0.4 is 4.74 Å². The summed E-state index contributed by atoms with van der Waals surface area (Å²) in [5.41, 5.74) is 0.00203. The molecule has 1 aromatic carbocycles. The van der Waals surface area contributed by atoms with Gasteiger partial charge in [0.15, 0.2) is 0 Å². The van der Waals surface area contributed by atoms with Gasteiger partial charge in [0, 0.05) is 5.41 Å². The number of aliphatic carboxylic acids is 1. The molecule has 98 valence electrons. The fourth-order valence-electron chi connectivity index (χ4n) is 2.28. The van der Waals surface area contributed by atoms with Crippen molar-refractivity contribution in [3.05, 3.63) is 23.5 Å². The Bertz CT molecular complexity index is 483. The van der Waals surface area contributed by atoms with Gasteiger partial charge < -0.3 is 9.84 Å². The first-order chi connectivity index (χ1) is 8.54. The molecule has 0 unspecified atom stereocenters. The van der Waals surface area contributed by atoms with Crippen LogP contribution in [0.3, 0.4) is 0 Å². The van der Waals surface area contributed by atoms with Crippen LogP contribution in [-0.4, -0.2) is 24.4 Å². The molecule has 1 N–H and O–H groups in total. The van der Waals surface area contributed by atoms with E-state index in [2.05, 4.69) is 0 Å². The molecule has 1 aromatic rings. The molecule has 0 aromatic heterocycles. The average molecular weight is 270 g/mol. The maximum Gasteiger partial charge on any atom is 0.304 e. The number of methoxy groups -OCH3 is 1. The quantitative estimate of drug-likeness (QED) is 0.835. The summed E-state index contributed by atoms with van der Waals surface area (Å²) >= 11 is 1.28. The highest BCUT2D eigenvalue weighted by Crippen LogP contribution is 2.53. The van der Waals surface area contributed by atoms with E-state index in [0.29, 0.717) is 16.2 Å².